The molecule has 0 aliphatic carbocycles. The van der Waals surface area contributed by atoms with Gasteiger partial charge in [0.25, 0.3) is 0 Å². The molecule has 1 atom stereocenters. The van der Waals surface area contributed by atoms with Crippen LogP contribution in [0.3, 0.4) is 0 Å². The van der Waals surface area contributed by atoms with E-state index >= 15 is 0 Å². The Morgan fingerprint density at radius 3 is 3.00 bits per heavy atom. The van der Waals surface area contributed by atoms with Gasteiger partial charge in [-0.05, 0) is 25.0 Å². The van der Waals surface area contributed by atoms with Crippen molar-refractivity contribution in [3.05, 3.63) is 30.1 Å². The number of pyridine rings is 1. The first-order valence-electron chi connectivity index (χ1n) is 5.64. The van der Waals surface area contributed by atoms with Crippen LogP contribution < -0.4 is 10.6 Å². The van der Waals surface area contributed by atoms with Crippen molar-refractivity contribution in [2.75, 3.05) is 6.54 Å². The molecule has 0 saturated carbocycles. The van der Waals surface area contributed by atoms with Crippen LogP contribution in [0.1, 0.15) is 25.8 Å². The SMILES string of the molecule is CCCNC(=O)C(C)NCc1cccnc1. The van der Waals surface area contributed by atoms with Crippen molar-refractivity contribution in [2.45, 2.75) is 32.9 Å². The van der Waals surface area contributed by atoms with Crippen LogP contribution >= 0.6 is 0 Å². The monoisotopic (exact) mass is 221 g/mol. The van der Waals surface area contributed by atoms with Gasteiger partial charge >= 0.3 is 0 Å². The molecular formula is C12H19N3O. The zero-order chi connectivity index (χ0) is 11.8. The lowest BCUT2D eigenvalue weighted by molar-refractivity contribution is -0.122. The highest BCUT2D eigenvalue weighted by molar-refractivity contribution is 5.81. The van der Waals surface area contributed by atoms with Crippen molar-refractivity contribution < 1.29 is 4.79 Å². The maximum Gasteiger partial charge on any atom is 0.236 e. The predicted octanol–water partition coefficient (Wildman–Crippen LogP) is 1.09. The van der Waals surface area contributed by atoms with E-state index in [1.54, 1.807) is 12.4 Å². The first kappa shape index (κ1) is 12.6. The van der Waals surface area contributed by atoms with Crippen LogP contribution in [-0.4, -0.2) is 23.5 Å². The van der Waals surface area contributed by atoms with Gasteiger partial charge in [-0.1, -0.05) is 13.0 Å². The van der Waals surface area contributed by atoms with Crippen LogP contribution in [0.2, 0.25) is 0 Å². The van der Waals surface area contributed by atoms with Gasteiger partial charge in [-0.15, -0.1) is 0 Å². The molecule has 16 heavy (non-hydrogen) atoms. The zero-order valence-corrected chi connectivity index (χ0v) is 9.86. The summed E-state index contributed by atoms with van der Waals surface area (Å²) in [5.74, 6) is 0.0470. The number of nitrogens with one attached hydrogen (secondary N) is 2. The third kappa shape index (κ3) is 4.40. The minimum atomic E-state index is -0.174. The summed E-state index contributed by atoms with van der Waals surface area (Å²) in [6.07, 6.45) is 4.49. The van der Waals surface area contributed by atoms with Gasteiger partial charge in [-0.25, -0.2) is 0 Å². The average Bonchev–Trinajstić information content (AvgIpc) is 2.34. The second-order valence-corrected chi connectivity index (χ2v) is 3.75. The van der Waals surface area contributed by atoms with Crippen molar-refractivity contribution in [1.29, 1.82) is 0 Å². The Morgan fingerprint density at radius 2 is 2.38 bits per heavy atom. The van der Waals surface area contributed by atoms with Crippen molar-refractivity contribution >= 4 is 5.91 Å². The number of rotatable bonds is 6. The largest absolute Gasteiger partial charge is 0.355 e. The summed E-state index contributed by atoms with van der Waals surface area (Å²) >= 11 is 0. The van der Waals surface area contributed by atoms with Gasteiger partial charge in [0.05, 0.1) is 6.04 Å². The van der Waals surface area contributed by atoms with Gasteiger partial charge in [0, 0.05) is 25.5 Å². The summed E-state index contributed by atoms with van der Waals surface area (Å²) in [7, 11) is 0. The Morgan fingerprint density at radius 1 is 1.56 bits per heavy atom. The lowest BCUT2D eigenvalue weighted by Crippen LogP contribution is -2.42. The third-order valence-corrected chi connectivity index (χ3v) is 2.28. The van der Waals surface area contributed by atoms with E-state index in [4.69, 9.17) is 0 Å². The lowest BCUT2D eigenvalue weighted by atomic mass is 10.2. The standard InChI is InChI=1S/C12H19N3O/c1-3-6-14-12(16)10(2)15-9-11-5-4-7-13-8-11/h4-5,7-8,10,15H,3,6,9H2,1-2H3,(H,14,16). The van der Waals surface area contributed by atoms with Gasteiger partial charge in [-0.2, -0.15) is 0 Å². The third-order valence-electron chi connectivity index (χ3n) is 2.28. The second kappa shape index (κ2) is 6.95. The molecule has 1 aromatic rings. The van der Waals surface area contributed by atoms with E-state index in [0.29, 0.717) is 6.54 Å². The van der Waals surface area contributed by atoms with E-state index in [9.17, 15) is 4.79 Å². The van der Waals surface area contributed by atoms with E-state index in [1.165, 1.54) is 0 Å². The summed E-state index contributed by atoms with van der Waals surface area (Å²) in [4.78, 5) is 15.6. The number of hydrogen-bond donors (Lipinski definition) is 2. The maximum absolute atomic E-state index is 11.5. The van der Waals surface area contributed by atoms with Crippen molar-refractivity contribution in [2.24, 2.45) is 0 Å². The molecule has 0 bridgehead atoms. The highest BCUT2D eigenvalue weighted by atomic mass is 16.2. The van der Waals surface area contributed by atoms with Gasteiger partial charge in [-0.3, -0.25) is 9.78 Å². The van der Waals surface area contributed by atoms with Gasteiger partial charge in [0.1, 0.15) is 0 Å². The number of aromatic nitrogens is 1. The van der Waals surface area contributed by atoms with Crippen LogP contribution in [0.15, 0.2) is 24.5 Å². The van der Waals surface area contributed by atoms with Crippen molar-refractivity contribution in [3.8, 4) is 0 Å². The lowest BCUT2D eigenvalue weighted by Gasteiger charge is -2.13. The molecule has 0 spiro atoms. The predicted molar refractivity (Wildman–Crippen MR) is 63.8 cm³/mol. The molecule has 1 rings (SSSR count). The van der Waals surface area contributed by atoms with Crippen LogP contribution in [0.25, 0.3) is 0 Å². The summed E-state index contributed by atoms with van der Waals surface area (Å²) in [6.45, 7) is 5.29. The molecule has 1 aromatic heterocycles. The minimum Gasteiger partial charge on any atom is -0.355 e. The molecule has 4 heteroatoms. The quantitative estimate of drug-likeness (QED) is 0.756. The fourth-order valence-electron chi connectivity index (χ4n) is 1.27. The van der Waals surface area contributed by atoms with E-state index in [0.717, 1.165) is 18.5 Å². The van der Waals surface area contributed by atoms with Gasteiger partial charge in [0.2, 0.25) is 5.91 Å². The molecule has 1 heterocycles. The topological polar surface area (TPSA) is 54.0 Å². The van der Waals surface area contributed by atoms with Crippen LogP contribution in [0.4, 0.5) is 0 Å². The summed E-state index contributed by atoms with van der Waals surface area (Å²) in [5.41, 5.74) is 1.08. The number of carbonyl (C=O) groups excluding carboxylic acids is 1. The molecule has 0 aliphatic rings. The van der Waals surface area contributed by atoms with Gasteiger partial charge in [0.15, 0.2) is 0 Å². The normalized spacial score (nSPS) is 12.1. The van der Waals surface area contributed by atoms with Gasteiger partial charge < -0.3 is 10.6 Å². The smallest absolute Gasteiger partial charge is 0.236 e. The van der Waals surface area contributed by atoms with Crippen LogP contribution in [0, 0.1) is 0 Å². The molecule has 0 fully saturated rings. The number of carbonyl (C=O) groups is 1. The molecule has 0 radical (unpaired) electrons. The minimum absolute atomic E-state index is 0.0470. The molecule has 4 nitrogen and oxygen atoms in total. The summed E-state index contributed by atoms with van der Waals surface area (Å²) in [6, 6.07) is 3.70. The highest BCUT2D eigenvalue weighted by Gasteiger charge is 2.10. The molecule has 2 N–H and O–H groups in total. The number of amides is 1. The molecule has 1 amide bonds. The first-order valence-corrected chi connectivity index (χ1v) is 5.64. The van der Waals surface area contributed by atoms with Crippen molar-refractivity contribution in [3.63, 3.8) is 0 Å². The average molecular weight is 221 g/mol. The Kier molecular flexibility index (Phi) is 5.50. The van der Waals surface area contributed by atoms with Crippen molar-refractivity contribution in [1.82, 2.24) is 15.6 Å². The first-order chi connectivity index (χ1) is 7.74. The Balaban J connectivity index is 2.29. The highest BCUT2D eigenvalue weighted by Crippen LogP contribution is 1.95. The van der Waals surface area contributed by atoms with E-state index in [-0.39, 0.29) is 11.9 Å². The van der Waals surface area contributed by atoms with Crippen LogP contribution in [0.5, 0.6) is 0 Å². The number of nitrogens with zero attached hydrogens (tertiary/aromatic N) is 1. The van der Waals surface area contributed by atoms with Crippen LogP contribution in [-0.2, 0) is 11.3 Å². The summed E-state index contributed by atoms with van der Waals surface area (Å²) in [5, 5.41) is 6.01. The molecule has 0 aromatic carbocycles. The number of hydrogen-bond acceptors (Lipinski definition) is 3. The molecule has 0 saturated heterocycles. The summed E-state index contributed by atoms with van der Waals surface area (Å²) < 4.78 is 0. The second-order valence-electron chi connectivity index (χ2n) is 3.75. The Bertz CT molecular complexity index is 313. The van der Waals surface area contributed by atoms with E-state index in [1.807, 2.05) is 26.0 Å². The van der Waals surface area contributed by atoms with E-state index < -0.39 is 0 Å². The zero-order valence-electron chi connectivity index (χ0n) is 9.86. The fourth-order valence-corrected chi connectivity index (χ4v) is 1.27. The molecule has 88 valence electrons. The van der Waals surface area contributed by atoms with E-state index in [2.05, 4.69) is 15.6 Å². The fraction of sp³-hybridized carbons (Fsp3) is 0.500. The Hall–Kier alpha value is -1.42. The Labute approximate surface area is 96.5 Å². The molecular weight excluding hydrogens is 202 g/mol. The molecule has 1 unspecified atom stereocenters. The maximum atomic E-state index is 11.5. The molecule has 0 aliphatic heterocycles.